The van der Waals surface area contributed by atoms with Crippen molar-refractivity contribution in [2.45, 2.75) is 11.5 Å². The van der Waals surface area contributed by atoms with Crippen molar-refractivity contribution in [2.24, 2.45) is 0 Å². The maximum atomic E-state index is 13.3. The number of amides is 1. The maximum Gasteiger partial charge on any atom is 0.257 e. The highest BCUT2D eigenvalue weighted by Crippen LogP contribution is 2.36. The van der Waals surface area contributed by atoms with Crippen molar-refractivity contribution in [2.75, 3.05) is 17.9 Å². The molecule has 0 aliphatic carbocycles. The predicted molar refractivity (Wildman–Crippen MR) is 121 cm³/mol. The van der Waals surface area contributed by atoms with Crippen LogP contribution in [0.5, 0.6) is 0 Å². The molecule has 6 nitrogen and oxygen atoms in total. The number of nitrogens with zero attached hydrogens (tertiary/aromatic N) is 2. The van der Waals surface area contributed by atoms with Crippen molar-refractivity contribution in [3.8, 4) is 5.69 Å². The van der Waals surface area contributed by atoms with Crippen molar-refractivity contribution in [3.63, 3.8) is 0 Å². The Bertz CT molecular complexity index is 1230. The van der Waals surface area contributed by atoms with Crippen LogP contribution in [0.2, 0.25) is 0 Å². The Balaban J connectivity index is 1.53. The van der Waals surface area contributed by atoms with Crippen LogP contribution in [0.3, 0.4) is 0 Å². The fraction of sp³-hybridized carbons (Fsp3) is 0.130. The Kier molecular flexibility index (Phi) is 4.90. The summed E-state index contributed by atoms with van der Waals surface area (Å²) in [5, 5.41) is 9.90. The Morgan fingerprint density at radius 2 is 1.83 bits per heavy atom. The monoisotopic (exact) mass is 416 g/mol. The zero-order chi connectivity index (χ0) is 20.5. The van der Waals surface area contributed by atoms with E-state index in [0.29, 0.717) is 5.56 Å². The number of nitrogens with one attached hydrogen (secondary N) is 2. The van der Waals surface area contributed by atoms with Gasteiger partial charge in [0.15, 0.2) is 0 Å². The Morgan fingerprint density at radius 1 is 1.03 bits per heavy atom. The molecular weight excluding hydrogens is 396 g/mol. The van der Waals surface area contributed by atoms with E-state index in [0.717, 1.165) is 50.7 Å². The smallest absolute Gasteiger partial charge is 0.257 e. The lowest BCUT2D eigenvalue weighted by Gasteiger charge is -2.13. The van der Waals surface area contributed by atoms with Gasteiger partial charge in [-0.05, 0) is 41.1 Å². The number of benzene rings is 3. The molecule has 0 radical (unpaired) electrons. The van der Waals surface area contributed by atoms with Gasteiger partial charge in [-0.25, -0.2) is 4.68 Å². The average molecular weight is 417 g/mol. The van der Waals surface area contributed by atoms with E-state index in [-0.39, 0.29) is 5.91 Å². The number of fused-ring (bicyclic) bond motifs is 2. The van der Waals surface area contributed by atoms with Crippen LogP contribution in [0.15, 0.2) is 66.7 Å². The first kappa shape index (κ1) is 18.7. The molecule has 0 saturated heterocycles. The van der Waals surface area contributed by atoms with E-state index in [2.05, 4.69) is 10.8 Å². The van der Waals surface area contributed by atoms with Crippen molar-refractivity contribution in [1.82, 2.24) is 9.78 Å². The minimum atomic E-state index is -0.134. The Morgan fingerprint density at radius 3 is 2.67 bits per heavy atom. The highest BCUT2D eigenvalue weighted by Gasteiger charge is 2.25. The van der Waals surface area contributed by atoms with Crippen molar-refractivity contribution >= 4 is 39.9 Å². The number of hydrogen-bond acceptors (Lipinski definition) is 5. The quantitative estimate of drug-likeness (QED) is 0.448. The molecule has 0 atom stereocenters. The number of thioether (sulfide) groups is 1. The summed E-state index contributed by atoms with van der Waals surface area (Å²) in [7, 11) is 1.57. The zero-order valence-electron chi connectivity index (χ0n) is 16.4. The van der Waals surface area contributed by atoms with E-state index in [1.54, 1.807) is 7.11 Å². The van der Waals surface area contributed by atoms with E-state index in [1.807, 2.05) is 83.2 Å². The van der Waals surface area contributed by atoms with Gasteiger partial charge >= 0.3 is 0 Å². The minimum Gasteiger partial charge on any atom is -0.306 e. The summed E-state index contributed by atoms with van der Waals surface area (Å²) < 4.78 is 1.82. The average Bonchev–Trinajstić information content (AvgIpc) is 3.37. The van der Waals surface area contributed by atoms with Gasteiger partial charge in [0, 0.05) is 22.6 Å². The molecule has 5 rings (SSSR count). The molecule has 2 heterocycles. The van der Waals surface area contributed by atoms with Crippen LogP contribution in [0, 0.1) is 0 Å². The first-order valence-electron chi connectivity index (χ1n) is 9.61. The summed E-state index contributed by atoms with van der Waals surface area (Å²) in [5.74, 6) is 2.29. The number of anilines is 2. The van der Waals surface area contributed by atoms with Gasteiger partial charge in [0.2, 0.25) is 0 Å². The molecular formula is C23H20N4O2S. The van der Waals surface area contributed by atoms with Crippen LogP contribution in [0.1, 0.15) is 21.6 Å². The normalized spacial score (nSPS) is 12.7. The van der Waals surface area contributed by atoms with Crippen molar-refractivity contribution in [3.05, 3.63) is 83.6 Å². The third-order valence-electron chi connectivity index (χ3n) is 5.15. The fourth-order valence-electron chi connectivity index (χ4n) is 3.72. The maximum absolute atomic E-state index is 13.3. The molecule has 0 saturated carbocycles. The molecule has 1 aromatic heterocycles. The number of aromatic nitrogens is 2. The summed E-state index contributed by atoms with van der Waals surface area (Å²) in [6.07, 6.45) is 0. The predicted octanol–water partition coefficient (Wildman–Crippen LogP) is 5.00. The second-order valence-electron chi connectivity index (χ2n) is 7.01. The van der Waals surface area contributed by atoms with Crippen molar-refractivity contribution in [1.29, 1.82) is 0 Å². The number of rotatable bonds is 5. The van der Waals surface area contributed by atoms with Gasteiger partial charge < -0.3 is 5.32 Å². The van der Waals surface area contributed by atoms with Crippen LogP contribution < -0.4 is 10.8 Å². The highest BCUT2D eigenvalue weighted by atomic mass is 32.2. The molecule has 150 valence electrons. The van der Waals surface area contributed by atoms with E-state index >= 15 is 0 Å². The fourth-order valence-corrected chi connectivity index (χ4v) is 4.75. The molecule has 0 bridgehead atoms. The summed E-state index contributed by atoms with van der Waals surface area (Å²) in [5.41, 5.74) is 7.30. The first-order valence-corrected chi connectivity index (χ1v) is 10.8. The highest BCUT2D eigenvalue weighted by molar-refractivity contribution is 7.98. The first-order chi connectivity index (χ1) is 14.7. The van der Waals surface area contributed by atoms with E-state index in [1.165, 1.54) is 0 Å². The largest absolute Gasteiger partial charge is 0.306 e. The van der Waals surface area contributed by atoms with Crippen LogP contribution >= 0.6 is 11.8 Å². The number of carbonyl (C=O) groups is 1. The lowest BCUT2D eigenvalue weighted by atomic mass is 10.0. The molecule has 0 unspecified atom stereocenters. The van der Waals surface area contributed by atoms with Crippen LogP contribution in [-0.4, -0.2) is 22.8 Å². The van der Waals surface area contributed by atoms with Gasteiger partial charge in [0.25, 0.3) is 5.91 Å². The lowest BCUT2D eigenvalue weighted by Crippen LogP contribution is -2.16. The molecule has 4 aromatic rings. The third kappa shape index (κ3) is 3.32. The molecule has 2 N–H and O–H groups in total. The van der Waals surface area contributed by atoms with Crippen LogP contribution in [-0.2, 0) is 16.3 Å². The zero-order valence-corrected chi connectivity index (χ0v) is 17.2. The second kappa shape index (κ2) is 7.85. The SMILES string of the molecule is CONc1ccc(-n2nc3c(c2NC(=O)c2cccc4ccccc24)CSC3)cc1. The molecule has 7 heteroatoms. The summed E-state index contributed by atoms with van der Waals surface area (Å²) in [4.78, 5) is 18.2. The van der Waals surface area contributed by atoms with Crippen molar-refractivity contribution < 1.29 is 9.63 Å². The van der Waals surface area contributed by atoms with E-state index in [4.69, 9.17) is 9.94 Å². The number of hydrogen-bond donors (Lipinski definition) is 2. The van der Waals surface area contributed by atoms with Crippen LogP contribution in [0.25, 0.3) is 16.5 Å². The van der Waals surface area contributed by atoms with Gasteiger partial charge in [-0.1, -0.05) is 36.4 Å². The third-order valence-corrected chi connectivity index (χ3v) is 6.12. The Hall–Kier alpha value is -3.29. The lowest BCUT2D eigenvalue weighted by molar-refractivity contribution is 0.102. The van der Waals surface area contributed by atoms with Gasteiger partial charge in [0.05, 0.1) is 24.2 Å². The molecule has 30 heavy (non-hydrogen) atoms. The molecule has 0 fully saturated rings. The van der Waals surface area contributed by atoms with Gasteiger partial charge in [-0.15, -0.1) is 0 Å². The standard InChI is InChI=1S/C23H20N4O2S/c1-29-26-16-9-11-17(12-10-16)27-22(20-13-30-14-21(20)25-27)24-23(28)19-8-4-6-15-5-2-3-7-18(15)19/h2-12,26H,13-14H2,1H3,(H,24,28). The van der Waals surface area contributed by atoms with Gasteiger partial charge in [0.1, 0.15) is 5.82 Å². The molecule has 1 aliphatic rings. The molecule has 1 aliphatic heterocycles. The summed E-state index contributed by atoms with van der Waals surface area (Å²) in [6.45, 7) is 0. The van der Waals surface area contributed by atoms with E-state index in [9.17, 15) is 4.79 Å². The number of carbonyl (C=O) groups excluding carboxylic acids is 1. The summed E-state index contributed by atoms with van der Waals surface area (Å²) >= 11 is 1.81. The summed E-state index contributed by atoms with van der Waals surface area (Å²) in [6, 6.07) is 21.4. The van der Waals surface area contributed by atoms with Gasteiger partial charge in [-0.2, -0.15) is 16.9 Å². The Labute approximate surface area is 178 Å². The second-order valence-corrected chi connectivity index (χ2v) is 8.00. The molecule has 1 amide bonds. The van der Waals surface area contributed by atoms with Crippen LogP contribution in [0.4, 0.5) is 11.5 Å². The molecule has 3 aromatic carbocycles. The van der Waals surface area contributed by atoms with Gasteiger partial charge in [-0.3, -0.25) is 15.1 Å². The minimum absolute atomic E-state index is 0.134. The topological polar surface area (TPSA) is 68.2 Å². The molecule has 0 spiro atoms. The van der Waals surface area contributed by atoms with E-state index < -0.39 is 0 Å².